The van der Waals surface area contributed by atoms with Gasteiger partial charge in [-0.05, 0) is 17.7 Å². The van der Waals surface area contributed by atoms with E-state index < -0.39 is 5.97 Å². The van der Waals surface area contributed by atoms with Crippen molar-refractivity contribution in [1.82, 2.24) is 0 Å². The average molecular weight is 286 g/mol. The lowest BCUT2D eigenvalue weighted by atomic mass is 10.1. The second-order valence-corrected chi connectivity index (χ2v) is 3.22. The predicted octanol–water partition coefficient (Wildman–Crippen LogP) is 3.35. The Balaban J connectivity index is 0.00000144. The number of carbonyl (C=O) groups is 1. The number of hydrogen-bond donors (Lipinski definition) is 1. The zero-order chi connectivity index (χ0) is 9.14. The minimum absolute atomic E-state index is 0. The molecule has 0 amide bonds. The molecule has 0 aromatic heterocycles. The molecule has 0 bridgehead atoms. The summed E-state index contributed by atoms with van der Waals surface area (Å²) in [6.45, 7) is 0. The fraction of sp³-hybridized carbons (Fsp3) is 0.125. The third kappa shape index (κ3) is 3.18. The fourth-order valence-corrected chi connectivity index (χ4v) is 1.45. The Bertz CT molecular complexity index is 315. The van der Waals surface area contributed by atoms with Crippen molar-refractivity contribution in [2.45, 2.75) is 5.33 Å². The zero-order valence-electron chi connectivity index (χ0n) is 6.46. The molecule has 1 aromatic carbocycles. The molecule has 0 spiro atoms. The number of carboxylic acids is 1. The van der Waals surface area contributed by atoms with Gasteiger partial charge in [0.05, 0.1) is 10.6 Å². The molecule has 0 fully saturated rings. The highest BCUT2D eigenvalue weighted by Crippen LogP contribution is 2.19. The van der Waals surface area contributed by atoms with Crippen LogP contribution in [0.2, 0.25) is 5.02 Å². The molecular formula is C8H7BrCl2O2. The van der Waals surface area contributed by atoms with Gasteiger partial charge in [0.15, 0.2) is 0 Å². The van der Waals surface area contributed by atoms with Crippen molar-refractivity contribution in [1.29, 1.82) is 0 Å². The van der Waals surface area contributed by atoms with Crippen molar-refractivity contribution in [3.05, 3.63) is 34.3 Å². The van der Waals surface area contributed by atoms with Gasteiger partial charge in [0.25, 0.3) is 0 Å². The second kappa shape index (κ2) is 5.47. The highest BCUT2D eigenvalue weighted by molar-refractivity contribution is 9.08. The molecule has 1 rings (SSSR count). The van der Waals surface area contributed by atoms with Crippen molar-refractivity contribution >= 4 is 45.9 Å². The second-order valence-electron chi connectivity index (χ2n) is 2.25. The number of aromatic carboxylic acids is 1. The molecule has 0 heterocycles. The van der Waals surface area contributed by atoms with Crippen molar-refractivity contribution in [2.75, 3.05) is 0 Å². The van der Waals surface area contributed by atoms with Crippen LogP contribution in [0.5, 0.6) is 0 Å². The monoisotopic (exact) mass is 284 g/mol. The van der Waals surface area contributed by atoms with Crippen molar-refractivity contribution < 1.29 is 9.90 Å². The molecular weight excluding hydrogens is 279 g/mol. The zero-order valence-corrected chi connectivity index (χ0v) is 9.62. The Labute approximate surface area is 95.4 Å². The third-order valence-corrected chi connectivity index (χ3v) is 2.38. The summed E-state index contributed by atoms with van der Waals surface area (Å²) in [5.74, 6) is -0.999. The van der Waals surface area contributed by atoms with E-state index in [1.807, 2.05) is 0 Å². The summed E-state index contributed by atoms with van der Waals surface area (Å²) < 4.78 is 0. The van der Waals surface area contributed by atoms with Crippen LogP contribution in [0.3, 0.4) is 0 Å². The number of carboxylic acid groups (broad SMARTS) is 1. The summed E-state index contributed by atoms with van der Waals surface area (Å²) >= 11 is 8.95. The molecule has 0 atom stereocenters. The van der Waals surface area contributed by atoms with E-state index in [0.717, 1.165) is 5.56 Å². The maximum Gasteiger partial charge on any atom is 0.337 e. The van der Waals surface area contributed by atoms with E-state index in [4.69, 9.17) is 16.7 Å². The Morgan fingerprint density at radius 1 is 1.54 bits per heavy atom. The minimum atomic E-state index is -0.999. The highest BCUT2D eigenvalue weighted by Gasteiger charge is 2.07. The SMILES string of the molecule is Cl.O=C(O)c1ccc(CBr)cc1Cl. The lowest BCUT2D eigenvalue weighted by Gasteiger charge is -2.00. The summed E-state index contributed by atoms with van der Waals surface area (Å²) in [4.78, 5) is 10.5. The van der Waals surface area contributed by atoms with Gasteiger partial charge in [0.2, 0.25) is 0 Å². The average Bonchev–Trinajstić information content (AvgIpc) is 2.03. The lowest BCUT2D eigenvalue weighted by Crippen LogP contribution is -1.97. The molecule has 1 aromatic rings. The molecule has 5 heteroatoms. The van der Waals surface area contributed by atoms with Crippen LogP contribution in [-0.4, -0.2) is 11.1 Å². The van der Waals surface area contributed by atoms with Gasteiger partial charge >= 0.3 is 5.97 Å². The minimum Gasteiger partial charge on any atom is -0.478 e. The van der Waals surface area contributed by atoms with Crippen LogP contribution in [0.15, 0.2) is 18.2 Å². The van der Waals surface area contributed by atoms with Crippen LogP contribution in [-0.2, 0) is 5.33 Å². The van der Waals surface area contributed by atoms with E-state index in [1.54, 1.807) is 12.1 Å². The van der Waals surface area contributed by atoms with E-state index in [9.17, 15) is 4.79 Å². The van der Waals surface area contributed by atoms with Crippen molar-refractivity contribution in [3.63, 3.8) is 0 Å². The van der Waals surface area contributed by atoms with Crippen LogP contribution >= 0.6 is 39.9 Å². The van der Waals surface area contributed by atoms with Crippen LogP contribution in [0.25, 0.3) is 0 Å². The molecule has 13 heavy (non-hydrogen) atoms. The van der Waals surface area contributed by atoms with Gasteiger partial charge < -0.3 is 5.11 Å². The summed E-state index contributed by atoms with van der Waals surface area (Å²) in [5, 5.41) is 9.58. The molecule has 0 radical (unpaired) electrons. The van der Waals surface area contributed by atoms with E-state index in [1.165, 1.54) is 6.07 Å². The number of hydrogen-bond acceptors (Lipinski definition) is 1. The molecule has 0 aliphatic rings. The largest absolute Gasteiger partial charge is 0.478 e. The quantitative estimate of drug-likeness (QED) is 0.846. The Morgan fingerprint density at radius 2 is 2.15 bits per heavy atom. The first-order chi connectivity index (χ1) is 5.65. The first-order valence-electron chi connectivity index (χ1n) is 3.23. The van der Waals surface area contributed by atoms with Gasteiger partial charge in [-0.3, -0.25) is 0 Å². The summed E-state index contributed by atoms with van der Waals surface area (Å²) in [7, 11) is 0. The van der Waals surface area contributed by atoms with Crippen LogP contribution in [0.1, 0.15) is 15.9 Å². The molecule has 0 aliphatic carbocycles. The molecule has 2 nitrogen and oxygen atoms in total. The smallest absolute Gasteiger partial charge is 0.337 e. The Hall–Kier alpha value is -0.250. The number of rotatable bonds is 2. The molecule has 0 saturated heterocycles. The molecule has 0 saturated carbocycles. The summed E-state index contributed by atoms with van der Waals surface area (Å²) in [6.07, 6.45) is 0. The Morgan fingerprint density at radius 3 is 2.54 bits per heavy atom. The molecule has 0 unspecified atom stereocenters. The van der Waals surface area contributed by atoms with Gasteiger partial charge in [-0.25, -0.2) is 4.79 Å². The van der Waals surface area contributed by atoms with Gasteiger partial charge in [-0.2, -0.15) is 0 Å². The predicted molar refractivity (Wildman–Crippen MR) is 58.3 cm³/mol. The van der Waals surface area contributed by atoms with E-state index in [0.29, 0.717) is 5.33 Å². The van der Waals surface area contributed by atoms with Crippen LogP contribution in [0, 0.1) is 0 Å². The summed E-state index contributed by atoms with van der Waals surface area (Å²) in [6, 6.07) is 4.87. The first-order valence-corrected chi connectivity index (χ1v) is 4.72. The molecule has 1 N–H and O–H groups in total. The maximum atomic E-state index is 10.5. The lowest BCUT2D eigenvalue weighted by molar-refractivity contribution is 0.0697. The van der Waals surface area contributed by atoms with Gasteiger partial charge in [-0.1, -0.05) is 33.6 Å². The van der Waals surface area contributed by atoms with Crippen molar-refractivity contribution in [3.8, 4) is 0 Å². The number of alkyl halides is 1. The molecule has 72 valence electrons. The highest BCUT2D eigenvalue weighted by atomic mass is 79.9. The topological polar surface area (TPSA) is 37.3 Å². The van der Waals surface area contributed by atoms with Crippen LogP contribution in [0.4, 0.5) is 0 Å². The van der Waals surface area contributed by atoms with E-state index in [2.05, 4.69) is 15.9 Å². The molecule has 0 aliphatic heterocycles. The fourth-order valence-electron chi connectivity index (χ4n) is 0.815. The van der Waals surface area contributed by atoms with Crippen LogP contribution < -0.4 is 0 Å². The Kier molecular flexibility index (Phi) is 5.37. The maximum absolute atomic E-state index is 10.5. The number of benzene rings is 1. The standard InChI is InChI=1S/C8H6BrClO2.ClH/c9-4-5-1-2-6(8(11)12)7(10)3-5;/h1-3H,4H2,(H,11,12);1H. The normalized spacial score (nSPS) is 9.08. The third-order valence-electron chi connectivity index (χ3n) is 1.42. The van der Waals surface area contributed by atoms with Crippen molar-refractivity contribution in [2.24, 2.45) is 0 Å². The van der Waals surface area contributed by atoms with Gasteiger partial charge in [-0.15, -0.1) is 12.4 Å². The first kappa shape index (κ1) is 12.8. The summed E-state index contributed by atoms with van der Waals surface area (Å²) in [5.41, 5.74) is 1.10. The van der Waals surface area contributed by atoms with Gasteiger partial charge in [0.1, 0.15) is 0 Å². The van der Waals surface area contributed by atoms with E-state index in [-0.39, 0.29) is 23.0 Å². The van der Waals surface area contributed by atoms with E-state index >= 15 is 0 Å². The van der Waals surface area contributed by atoms with Gasteiger partial charge in [0, 0.05) is 5.33 Å². The number of halogens is 3.